The van der Waals surface area contributed by atoms with Gasteiger partial charge in [0.05, 0.1) is 28.4 Å². The standard InChI is InChI=1S/C18H18ClN3O2/c19-13-3-4-14(10-2-1-7-20-17(10)13)21-18(23)22-8-11-12(9-22)16-6-5-15(11)24-16/h1-4,7,11-12,15-16H,5-6,8-9H2,(H,21,23). The molecule has 4 atom stereocenters. The molecule has 3 fully saturated rings. The molecule has 0 aliphatic carbocycles. The van der Waals surface area contributed by atoms with E-state index in [9.17, 15) is 4.79 Å². The molecule has 4 unspecified atom stereocenters. The predicted octanol–water partition coefficient (Wildman–Crippen LogP) is 3.53. The fourth-order valence-electron chi connectivity index (χ4n) is 4.57. The second-order valence-electron chi connectivity index (χ2n) is 6.95. The smallest absolute Gasteiger partial charge is 0.321 e. The van der Waals surface area contributed by atoms with Gasteiger partial charge in [-0.25, -0.2) is 4.79 Å². The lowest BCUT2D eigenvalue weighted by atomic mass is 9.82. The zero-order valence-corrected chi connectivity index (χ0v) is 13.9. The minimum absolute atomic E-state index is 0.0451. The minimum Gasteiger partial charge on any atom is -0.374 e. The van der Waals surface area contributed by atoms with Crippen LogP contribution in [0, 0.1) is 11.8 Å². The lowest BCUT2D eigenvalue weighted by Crippen LogP contribution is -2.35. The maximum atomic E-state index is 12.7. The highest BCUT2D eigenvalue weighted by molar-refractivity contribution is 6.35. The molecule has 3 aliphatic rings. The number of nitrogens with zero attached hydrogens (tertiary/aromatic N) is 2. The van der Waals surface area contributed by atoms with E-state index in [-0.39, 0.29) is 6.03 Å². The summed E-state index contributed by atoms with van der Waals surface area (Å²) in [6.07, 6.45) is 4.72. The Morgan fingerprint density at radius 2 is 1.96 bits per heavy atom. The number of urea groups is 1. The van der Waals surface area contributed by atoms with Gasteiger partial charge in [-0.05, 0) is 37.1 Å². The molecule has 5 rings (SSSR count). The van der Waals surface area contributed by atoms with Gasteiger partial charge < -0.3 is 15.0 Å². The average molecular weight is 344 g/mol. The normalized spacial score (nSPS) is 30.8. The van der Waals surface area contributed by atoms with Crippen molar-refractivity contribution < 1.29 is 9.53 Å². The Kier molecular flexibility index (Phi) is 3.22. The number of aromatic nitrogens is 1. The van der Waals surface area contributed by atoms with Crippen LogP contribution in [0.4, 0.5) is 10.5 Å². The van der Waals surface area contributed by atoms with Crippen molar-refractivity contribution in [3.63, 3.8) is 0 Å². The van der Waals surface area contributed by atoms with Gasteiger partial charge in [-0.2, -0.15) is 0 Å². The molecule has 1 N–H and O–H groups in total. The van der Waals surface area contributed by atoms with Gasteiger partial charge >= 0.3 is 6.03 Å². The molecular weight excluding hydrogens is 326 g/mol. The summed E-state index contributed by atoms with van der Waals surface area (Å²) in [7, 11) is 0. The maximum Gasteiger partial charge on any atom is 0.321 e. The van der Waals surface area contributed by atoms with Crippen molar-refractivity contribution in [2.45, 2.75) is 25.0 Å². The molecule has 5 nitrogen and oxygen atoms in total. The van der Waals surface area contributed by atoms with Gasteiger partial charge in [-0.3, -0.25) is 4.98 Å². The number of amides is 2. The van der Waals surface area contributed by atoms with Crippen molar-refractivity contribution in [1.82, 2.24) is 9.88 Å². The van der Waals surface area contributed by atoms with Crippen LogP contribution >= 0.6 is 11.6 Å². The zero-order valence-electron chi connectivity index (χ0n) is 13.1. The first-order valence-corrected chi connectivity index (χ1v) is 8.83. The number of carbonyl (C=O) groups is 1. The van der Waals surface area contributed by atoms with Crippen LogP contribution in [0.15, 0.2) is 30.5 Å². The molecule has 124 valence electrons. The van der Waals surface area contributed by atoms with Crippen LogP contribution in [0.5, 0.6) is 0 Å². The number of halogens is 1. The Balaban J connectivity index is 1.37. The first kappa shape index (κ1) is 14.5. The molecule has 2 bridgehead atoms. The molecule has 6 heteroatoms. The van der Waals surface area contributed by atoms with E-state index in [4.69, 9.17) is 16.3 Å². The number of anilines is 1. The van der Waals surface area contributed by atoms with Crippen LogP contribution in [0.2, 0.25) is 5.02 Å². The van der Waals surface area contributed by atoms with Gasteiger partial charge in [-0.15, -0.1) is 0 Å². The average Bonchev–Trinajstić information content (AvgIpc) is 3.30. The number of hydrogen-bond donors (Lipinski definition) is 1. The molecular formula is C18H18ClN3O2. The van der Waals surface area contributed by atoms with E-state index in [0.29, 0.717) is 34.6 Å². The monoisotopic (exact) mass is 343 g/mol. The van der Waals surface area contributed by atoms with E-state index in [1.165, 1.54) is 0 Å². The van der Waals surface area contributed by atoms with Crippen molar-refractivity contribution in [2.24, 2.45) is 11.8 Å². The highest BCUT2D eigenvalue weighted by atomic mass is 35.5. The van der Waals surface area contributed by atoms with Crippen LogP contribution in [-0.2, 0) is 4.74 Å². The quantitative estimate of drug-likeness (QED) is 0.861. The Labute approximate surface area is 144 Å². The number of ether oxygens (including phenoxy) is 1. The highest BCUT2D eigenvalue weighted by Gasteiger charge is 2.53. The van der Waals surface area contributed by atoms with Crippen molar-refractivity contribution in [3.8, 4) is 0 Å². The third-order valence-electron chi connectivity index (χ3n) is 5.70. The summed E-state index contributed by atoms with van der Waals surface area (Å²) in [5, 5.41) is 4.49. The molecule has 2 amide bonds. The molecule has 0 spiro atoms. The van der Waals surface area contributed by atoms with Gasteiger partial charge in [-0.1, -0.05) is 11.6 Å². The largest absolute Gasteiger partial charge is 0.374 e. The third kappa shape index (κ3) is 2.11. The zero-order chi connectivity index (χ0) is 16.3. The van der Waals surface area contributed by atoms with Crippen molar-refractivity contribution in [2.75, 3.05) is 18.4 Å². The maximum absolute atomic E-state index is 12.7. The molecule has 24 heavy (non-hydrogen) atoms. The number of pyridine rings is 1. The highest BCUT2D eigenvalue weighted by Crippen LogP contribution is 2.47. The molecule has 2 aromatic rings. The van der Waals surface area contributed by atoms with Gasteiger partial charge in [0.15, 0.2) is 0 Å². The molecule has 4 heterocycles. The number of benzene rings is 1. The van der Waals surface area contributed by atoms with E-state index < -0.39 is 0 Å². The van der Waals surface area contributed by atoms with E-state index in [1.54, 1.807) is 12.3 Å². The summed E-state index contributed by atoms with van der Waals surface area (Å²) in [6.45, 7) is 1.59. The van der Waals surface area contributed by atoms with Crippen LogP contribution in [0.25, 0.3) is 10.9 Å². The van der Waals surface area contributed by atoms with Crippen molar-refractivity contribution in [1.29, 1.82) is 0 Å². The predicted molar refractivity (Wildman–Crippen MR) is 92.2 cm³/mol. The molecule has 0 radical (unpaired) electrons. The van der Waals surface area contributed by atoms with Crippen molar-refractivity contribution >= 4 is 34.2 Å². The summed E-state index contributed by atoms with van der Waals surface area (Å²) < 4.78 is 5.98. The van der Waals surface area contributed by atoms with Crippen molar-refractivity contribution in [3.05, 3.63) is 35.5 Å². The van der Waals surface area contributed by atoms with Gasteiger partial charge in [0.2, 0.25) is 0 Å². The summed E-state index contributed by atoms with van der Waals surface area (Å²) in [5.41, 5.74) is 1.46. The summed E-state index contributed by atoms with van der Waals surface area (Å²) >= 11 is 6.20. The SMILES string of the molecule is O=C(Nc1ccc(Cl)c2ncccc12)N1CC2C3CCC(O3)C2C1. The number of fused-ring (bicyclic) bond motifs is 6. The van der Waals surface area contributed by atoms with Crippen LogP contribution in [0.1, 0.15) is 12.8 Å². The molecule has 1 aromatic carbocycles. The Bertz CT molecular complexity index is 809. The van der Waals surface area contributed by atoms with E-state index in [0.717, 1.165) is 37.0 Å². The topological polar surface area (TPSA) is 54.5 Å². The van der Waals surface area contributed by atoms with Crippen LogP contribution in [-0.4, -0.2) is 41.2 Å². The number of likely N-dealkylation sites (tertiary alicyclic amines) is 1. The number of carbonyl (C=O) groups excluding carboxylic acids is 1. The van der Waals surface area contributed by atoms with Gasteiger partial charge in [0, 0.05) is 36.5 Å². The van der Waals surface area contributed by atoms with E-state index >= 15 is 0 Å². The summed E-state index contributed by atoms with van der Waals surface area (Å²) in [4.78, 5) is 19.0. The second kappa shape index (κ2) is 5.33. The van der Waals surface area contributed by atoms with Gasteiger partial charge in [0.1, 0.15) is 0 Å². The summed E-state index contributed by atoms with van der Waals surface area (Å²) in [5.74, 6) is 1.02. The number of hydrogen-bond acceptors (Lipinski definition) is 3. The Hall–Kier alpha value is -1.85. The second-order valence-corrected chi connectivity index (χ2v) is 7.35. The first-order chi connectivity index (χ1) is 11.7. The third-order valence-corrected chi connectivity index (χ3v) is 6.01. The number of rotatable bonds is 1. The van der Waals surface area contributed by atoms with Crippen LogP contribution < -0.4 is 5.32 Å². The molecule has 3 saturated heterocycles. The number of nitrogens with one attached hydrogen (secondary N) is 1. The van der Waals surface area contributed by atoms with Crippen LogP contribution in [0.3, 0.4) is 0 Å². The molecule has 3 aliphatic heterocycles. The Morgan fingerprint density at radius 1 is 1.21 bits per heavy atom. The lowest BCUT2D eigenvalue weighted by Gasteiger charge is -2.20. The molecule has 0 saturated carbocycles. The lowest BCUT2D eigenvalue weighted by molar-refractivity contribution is 0.0747. The fourth-order valence-corrected chi connectivity index (χ4v) is 4.78. The first-order valence-electron chi connectivity index (χ1n) is 8.45. The van der Waals surface area contributed by atoms with Gasteiger partial charge in [0.25, 0.3) is 0 Å². The summed E-state index contributed by atoms with van der Waals surface area (Å²) in [6, 6.07) is 7.35. The minimum atomic E-state index is -0.0451. The fraction of sp³-hybridized carbons (Fsp3) is 0.444. The van der Waals surface area contributed by atoms with E-state index in [1.807, 2.05) is 23.1 Å². The Morgan fingerprint density at radius 3 is 2.71 bits per heavy atom. The molecule has 1 aromatic heterocycles. The van der Waals surface area contributed by atoms with E-state index in [2.05, 4.69) is 10.3 Å².